The third-order valence-electron chi connectivity index (χ3n) is 3.41. The van der Waals surface area contributed by atoms with Crippen molar-refractivity contribution < 1.29 is 14.6 Å². The molecule has 1 aromatic heterocycles. The van der Waals surface area contributed by atoms with Crippen LogP contribution in [0.15, 0.2) is 36.7 Å². The molecular formula is C16H22N4O3. The average Bonchev–Trinajstić information content (AvgIpc) is 2.98. The molecule has 3 N–H and O–H groups in total. The van der Waals surface area contributed by atoms with E-state index in [1.165, 1.54) is 0 Å². The first kappa shape index (κ1) is 16.8. The number of benzene rings is 1. The highest BCUT2D eigenvalue weighted by Gasteiger charge is 2.09. The van der Waals surface area contributed by atoms with Gasteiger partial charge in [0, 0.05) is 26.3 Å². The van der Waals surface area contributed by atoms with Crippen LogP contribution in [0.1, 0.15) is 17.2 Å². The van der Waals surface area contributed by atoms with E-state index >= 15 is 0 Å². The molecule has 2 rings (SSSR count). The lowest BCUT2D eigenvalue weighted by Crippen LogP contribution is -2.38. The van der Waals surface area contributed by atoms with Crippen LogP contribution in [0.25, 0.3) is 0 Å². The highest BCUT2D eigenvalue weighted by Crippen LogP contribution is 2.16. The Balaban J connectivity index is 1.68. The number of urea groups is 1. The van der Waals surface area contributed by atoms with Gasteiger partial charge in [0.2, 0.25) is 0 Å². The highest BCUT2D eigenvalue weighted by molar-refractivity contribution is 5.73. The second-order valence-electron chi connectivity index (χ2n) is 5.20. The number of hydrogen-bond donors (Lipinski definition) is 3. The molecule has 0 bridgehead atoms. The van der Waals surface area contributed by atoms with E-state index < -0.39 is 6.10 Å². The normalized spacial score (nSPS) is 11.8. The molecule has 0 aliphatic rings. The zero-order valence-electron chi connectivity index (χ0n) is 13.3. The first-order valence-electron chi connectivity index (χ1n) is 7.39. The van der Waals surface area contributed by atoms with Gasteiger partial charge in [0.15, 0.2) is 0 Å². The fourth-order valence-corrected chi connectivity index (χ4v) is 2.12. The molecular weight excluding hydrogens is 296 g/mol. The standard InChI is InChI=1S/C16H22N4O3/c1-20-11-12(9-19-20)7-8-17-16(22)18-10-15(21)13-3-5-14(23-2)6-4-13/h3-6,9,11,15,21H,7-8,10H2,1-2H3,(H2,17,18,22)/t15-/m0/s1. The first-order chi connectivity index (χ1) is 11.1. The summed E-state index contributed by atoms with van der Waals surface area (Å²) in [7, 11) is 3.44. The smallest absolute Gasteiger partial charge is 0.314 e. The van der Waals surface area contributed by atoms with Crippen LogP contribution in [0.4, 0.5) is 4.79 Å². The first-order valence-corrected chi connectivity index (χ1v) is 7.39. The minimum atomic E-state index is -0.759. The summed E-state index contributed by atoms with van der Waals surface area (Å²) in [5, 5.41) is 19.5. The van der Waals surface area contributed by atoms with E-state index in [4.69, 9.17) is 4.74 Å². The van der Waals surface area contributed by atoms with Crippen molar-refractivity contribution in [3.8, 4) is 5.75 Å². The van der Waals surface area contributed by atoms with Crippen molar-refractivity contribution in [3.05, 3.63) is 47.8 Å². The minimum Gasteiger partial charge on any atom is -0.497 e. The van der Waals surface area contributed by atoms with Crippen molar-refractivity contribution in [2.75, 3.05) is 20.2 Å². The van der Waals surface area contributed by atoms with Gasteiger partial charge in [-0.1, -0.05) is 12.1 Å². The number of hydrogen-bond acceptors (Lipinski definition) is 4. The molecule has 1 heterocycles. The van der Waals surface area contributed by atoms with E-state index in [0.29, 0.717) is 13.0 Å². The van der Waals surface area contributed by atoms with E-state index in [-0.39, 0.29) is 12.6 Å². The van der Waals surface area contributed by atoms with Crippen molar-refractivity contribution in [3.63, 3.8) is 0 Å². The second kappa shape index (κ2) is 8.19. The molecule has 7 nitrogen and oxygen atoms in total. The zero-order valence-corrected chi connectivity index (χ0v) is 13.3. The van der Waals surface area contributed by atoms with E-state index in [2.05, 4.69) is 15.7 Å². The number of nitrogens with zero attached hydrogens (tertiary/aromatic N) is 2. The van der Waals surface area contributed by atoms with Crippen LogP contribution < -0.4 is 15.4 Å². The molecule has 7 heteroatoms. The van der Waals surface area contributed by atoms with Gasteiger partial charge in [-0.3, -0.25) is 4.68 Å². The molecule has 0 saturated carbocycles. The summed E-state index contributed by atoms with van der Waals surface area (Å²) in [6, 6.07) is 6.78. The number of aliphatic hydroxyl groups excluding tert-OH is 1. The number of aromatic nitrogens is 2. The summed E-state index contributed by atoms with van der Waals surface area (Å²) in [5.74, 6) is 0.724. The van der Waals surface area contributed by atoms with Gasteiger partial charge in [0.1, 0.15) is 5.75 Å². The molecule has 0 fully saturated rings. The van der Waals surface area contributed by atoms with Crippen LogP contribution in [0.5, 0.6) is 5.75 Å². The van der Waals surface area contributed by atoms with Crippen molar-refractivity contribution in [2.45, 2.75) is 12.5 Å². The lowest BCUT2D eigenvalue weighted by atomic mass is 10.1. The lowest BCUT2D eigenvalue weighted by molar-refractivity contribution is 0.173. The van der Waals surface area contributed by atoms with E-state index in [0.717, 1.165) is 16.9 Å². The summed E-state index contributed by atoms with van der Waals surface area (Å²) in [4.78, 5) is 11.7. The topological polar surface area (TPSA) is 88.4 Å². The quantitative estimate of drug-likeness (QED) is 0.711. The maximum absolute atomic E-state index is 11.7. The average molecular weight is 318 g/mol. The highest BCUT2D eigenvalue weighted by atomic mass is 16.5. The number of aryl methyl sites for hydroxylation is 1. The van der Waals surface area contributed by atoms with Crippen molar-refractivity contribution in [1.82, 2.24) is 20.4 Å². The molecule has 0 aliphatic carbocycles. The van der Waals surface area contributed by atoms with Crippen LogP contribution >= 0.6 is 0 Å². The number of aliphatic hydroxyl groups is 1. The zero-order chi connectivity index (χ0) is 16.7. The summed E-state index contributed by atoms with van der Waals surface area (Å²) in [6.07, 6.45) is 3.63. The maximum atomic E-state index is 11.7. The molecule has 1 atom stereocenters. The third-order valence-corrected chi connectivity index (χ3v) is 3.41. The largest absolute Gasteiger partial charge is 0.497 e. The van der Waals surface area contributed by atoms with E-state index in [1.54, 1.807) is 42.3 Å². The number of nitrogens with one attached hydrogen (secondary N) is 2. The molecule has 0 aliphatic heterocycles. The molecule has 0 saturated heterocycles. The molecule has 2 amide bonds. The number of amides is 2. The van der Waals surface area contributed by atoms with Crippen molar-refractivity contribution in [1.29, 1.82) is 0 Å². The van der Waals surface area contributed by atoms with Gasteiger partial charge in [-0.2, -0.15) is 5.10 Å². The van der Waals surface area contributed by atoms with Gasteiger partial charge in [-0.15, -0.1) is 0 Å². The van der Waals surface area contributed by atoms with Gasteiger partial charge in [-0.25, -0.2) is 4.79 Å². The number of methoxy groups -OCH3 is 1. The van der Waals surface area contributed by atoms with Gasteiger partial charge in [0.25, 0.3) is 0 Å². The summed E-state index contributed by atoms with van der Waals surface area (Å²) in [6.45, 7) is 0.654. The Labute approximate surface area is 135 Å². The van der Waals surface area contributed by atoms with Crippen LogP contribution in [-0.2, 0) is 13.5 Å². The second-order valence-corrected chi connectivity index (χ2v) is 5.20. The Bertz CT molecular complexity index is 625. The molecule has 124 valence electrons. The van der Waals surface area contributed by atoms with Crippen LogP contribution in [0.3, 0.4) is 0 Å². The van der Waals surface area contributed by atoms with Crippen LogP contribution in [-0.4, -0.2) is 41.1 Å². The predicted octanol–water partition coefficient (Wildman–Crippen LogP) is 1.00. The number of ether oxygens (including phenoxy) is 1. The molecule has 2 aromatic rings. The minimum absolute atomic E-state index is 0.144. The Hall–Kier alpha value is -2.54. The molecule has 1 aromatic carbocycles. The lowest BCUT2D eigenvalue weighted by Gasteiger charge is -2.13. The number of rotatable bonds is 7. The Kier molecular flexibility index (Phi) is 5.99. The number of carbonyl (C=O) groups is 1. The maximum Gasteiger partial charge on any atom is 0.314 e. The Morgan fingerprint density at radius 1 is 1.35 bits per heavy atom. The summed E-state index contributed by atoms with van der Waals surface area (Å²) >= 11 is 0. The Morgan fingerprint density at radius 3 is 2.70 bits per heavy atom. The molecule has 23 heavy (non-hydrogen) atoms. The van der Waals surface area contributed by atoms with Crippen molar-refractivity contribution >= 4 is 6.03 Å². The van der Waals surface area contributed by atoms with Gasteiger partial charge < -0.3 is 20.5 Å². The van der Waals surface area contributed by atoms with Crippen molar-refractivity contribution in [2.24, 2.45) is 7.05 Å². The van der Waals surface area contributed by atoms with E-state index in [1.807, 2.05) is 13.2 Å². The monoisotopic (exact) mass is 318 g/mol. The SMILES string of the molecule is COc1ccc([C@@H](O)CNC(=O)NCCc2cnn(C)c2)cc1. The van der Waals surface area contributed by atoms with Gasteiger partial charge >= 0.3 is 6.03 Å². The number of carbonyl (C=O) groups excluding carboxylic acids is 1. The predicted molar refractivity (Wildman–Crippen MR) is 86.3 cm³/mol. The molecule has 0 radical (unpaired) electrons. The van der Waals surface area contributed by atoms with Crippen LogP contribution in [0.2, 0.25) is 0 Å². The third kappa shape index (κ3) is 5.30. The fourth-order valence-electron chi connectivity index (χ4n) is 2.12. The molecule has 0 spiro atoms. The van der Waals surface area contributed by atoms with Gasteiger partial charge in [-0.05, 0) is 29.7 Å². The Morgan fingerprint density at radius 2 is 2.09 bits per heavy atom. The van der Waals surface area contributed by atoms with Crippen LogP contribution in [0, 0.1) is 0 Å². The van der Waals surface area contributed by atoms with E-state index in [9.17, 15) is 9.90 Å². The molecule has 0 unspecified atom stereocenters. The summed E-state index contributed by atoms with van der Waals surface area (Å²) in [5.41, 5.74) is 1.78. The van der Waals surface area contributed by atoms with Gasteiger partial charge in [0.05, 0.1) is 19.4 Å². The summed E-state index contributed by atoms with van der Waals surface area (Å²) < 4.78 is 6.78. The fraction of sp³-hybridized carbons (Fsp3) is 0.375.